The van der Waals surface area contributed by atoms with E-state index in [1.165, 1.54) is 0 Å². The van der Waals surface area contributed by atoms with Crippen molar-refractivity contribution < 1.29 is 4.79 Å². The molecule has 0 aliphatic carbocycles. The fraction of sp³-hybridized carbons (Fsp3) is 0.462. The van der Waals surface area contributed by atoms with Crippen molar-refractivity contribution in [2.24, 2.45) is 0 Å². The van der Waals surface area contributed by atoms with Gasteiger partial charge in [-0.15, -0.1) is 0 Å². The van der Waals surface area contributed by atoms with Gasteiger partial charge in [-0.1, -0.05) is 17.7 Å². The van der Waals surface area contributed by atoms with Crippen LogP contribution in [0.2, 0.25) is 5.02 Å². The van der Waals surface area contributed by atoms with Gasteiger partial charge in [0, 0.05) is 36.9 Å². The molecule has 4 nitrogen and oxygen atoms in total. The van der Waals surface area contributed by atoms with Gasteiger partial charge in [0.2, 0.25) is 5.91 Å². The average molecular weight is 268 g/mol. The normalized spacial score (nSPS) is 16.6. The maximum absolute atomic E-state index is 11.9. The van der Waals surface area contributed by atoms with Gasteiger partial charge in [-0.2, -0.15) is 0 Å². The molecule has 1 aromatic rings. The third kappa shape index (κ3) is 3.45. The zero-order valence-electron chi connectivity index (χ0n) is 10.5. The van der Waals surface area contributed by atoms with Gasteiger partial charge in [0.15, 0.2) is 0 Å². The van der Waals surface area contributed by atoms with Gasteiger partial charge in [-0.05, 0) is 24.6 Å². The fourth-order valence-electron chi connectivity index (χ4n) is 2.00. The van der Waals surface area contributed by atoms with Crippen molar-refractivity contribution in [1.29, 1.82) is 0 Å². The minimum atomic E-state index is 0.0160. The molecule has 0 aromatic heterocycles. The molecule has 0 radical (unpaired) electrons. The highest BCUT2D eigenvalue weighted by molar-refractivity contribution is 6.31. The van der Waals surface area contributed by atoms with E-state index in [1.807, 2.05) is 25.1 Å². The fourth-order valence-corrected chi connectivity index (χ4v) is 2.18. The Kier molecular flexibility index (Phi) is 4.58. The number of amides is 1. The smallest absolute Gasteiger partial charge is 0.238 e. The molecule has 5 heteroatoms. The lowest BCUT2D eigenvalue weighted by Crippen LogP contribution is -2.46. The molecular weight excluding hydrogens is 250 g/mol. The van der Waals surface area contributed by atoms with E-state index in [-0.39, 0.29) is 5.91 Å². The van der Waals surface area contributed by atoms with E-state index in [2.05, 4.69) is 15.5 Å². The number of halogens is 1. The van der Waals surface area contributed by atoms with E-state index < -0.39 is 0 Å². The van der Waals surface area contributed by atoms with Crippen LogP contribution < -0.4 is 10.6 Å². The van der Waals surface area contributed by atoms with Crippen LogP contribution in [0.5, 0.6) is 0 Å². The van der Waals surface area contributed by atoms with Crippen molar-refractivity contribution in [3.05, 3.63) is 28.8 Å². The number of nitrogens with zero attached hydrogens (tertiary/aromatic N) is 1. The van der Waals surface area contributed by atoms with Crippen LogP contribution in [0.3, 0.4) is 0 Å². The van der Waals surface area contributed by atoms with E-state index >= 15 is 0 Å². The predicted octanol–water partition coefficient (Wildman–Crippen LogP) is 1.49. The summed E-state index contributed by atoms with van der Waals surface area (Å²) in [4.78, 5) is 14.1. The quantitative estimate of drug-likeness (QED) is 0.872. The molecule has 0 saturated carbocycles. The Labute approximate surface area is 112 Å². The van der Waals surface area contributed by atoms with E-state index in [4.69, 9.17) is 11.6 Å². The first-order valence-electron chi connectivity index (χ1n) is 6.15. The molecule has 2 N–H and O–H groups in total. The van der Waals surface area contributed by atoms with Gasteiger partial charge in [0.25, 0.3) is 0 Å². The highest BCUT2D eigenvalue weighted by atomic mass is 35.5. The second-order valence-electron chi connectivity index (χ2n) is 4.49. The van der Waals surface area contributed by atoms with Gasteiger partial charge < -0.3 is 10.6 Å². The second-order valence-corrected chi connectivity index (χ2v) is 4.89. The number of hydrogen-bond acceptors (Lipinski definition) is 3. The highest BCUT2D eigenvalue weighted by Gasteiger charge is 2.14. The summed E-state index contributed by atoms with van der Waals surface area (Å²) in [6.45, 7) is 6.08. The molecule has 1 amide bonds. The van der Waals surface area contributed by atoms with Crippen LogP contribution >= 0.6 is 11.6 Å². The number of hydrogen-bond donors (Lipinski definition) is 2. The van der Waals surface area contributed by atoms with Crippen molar-refractivity contribution in [2.75, 3.05) is 38.0 Å². The van der Waals surface area contributed by atoms with Gasteiger partial charge in [-0.25, -0.2) is 0 Å². The molecule has 0 unspecified atom stereocenters. The maximum Gasteiger partial charge on any atom is 0.238 e. The summed E-state index contributed by atoms with van der Waals surface area (Å²) in [6.07, 6.45) is 0. The molecule has 98 valence electrons. The minimum absolute atomic E-state index is 0.0160. The molecular formula is C13H18ClN3O. The van der Waals surface area contributed by atoms with Crippen molar-refractivity contribution in [2.45, 2.75) is 6.92 Å². The number of nitrogens with one attached hydrogen (secondary N) is 2. The van der Waals surface area contributed by atoms with Crippen LogP contribution in [0.15, 0.2) is 18.2 Å². The Morgan fingerprint density at radius 3 is 2.89 bits per heavy atom. The number of piperazine rings is 1. The summed E-state index contributed by atoms with van der Waals surface area (Å²) in [6, 6.07) is 5.54. The third-order valence-corrected chi connectivity index (χ3v) is 3.53. The van der Waals surface area contributed by atoms with Crippen molar-refractivity contribution >= 4 is 23.2 Å². The van der Waals surface area contributed by atoms with Crippen molar-refractivity contribution in [3.63, 3.8) is 0 Å². The third-order valence-electron chi connectivity index (χ3n) is 3.12. The number of anilines is 1. The lowest BCUT2D eigenvalue weighted by molar-refractivity contribution is -0.117. The van der Waals surface area contributed by atoms with Crippen molar-refractivity contribution in [3.8, 4) is 0 Å². The Bertz CT molecular complexity index is 430. The minimum Gasteiger partial charge on any atom is -0.325 e. The lowest BCUT2D eigenvalue weighted by Gasteiger charge is -2.26. The maximum atomic E-state index is 11.9. The number of benzene rings is 1. The molecule has 0 bridgehead atoms. The summed E-state index contributed by atoms with van der Waals surface area (Å²) < 4.78 is 0. The van der Waals surface area contributed by atoms with Crippen LogP contribution in [0.25, 0.3) is 0 Å². The van der Waals surface area contributed by atoms with E-state index in [9.17, 15) is 4.79 Å². The van der Waals surface area contributed by atoms with Crippen LogP contribution in [0.4, 0.5) is 5.69 Å². The number of carbonyl (C=O) groups is 1. The SMILES string of the molecule is Cc1c(Cl)cccc1NC(=O)CN1CCNCC1. The Balaban J connectivity index is 1.92. The molecule has 1 saturated heterocycles. The molecule has 18 heavy (non-hydrogen) atoms. The molecule has 0 spiro atoms. The van der Waals surface area contributed by atoms with E-state index in [1.54, 1.807) is 0 Å². The van der Waals surface area contributed by atoms with Crippen LogP contribution in [0, 0.1) is 6.92 Å². The second kappa shape index (κ2) is 6.18. The monoisotopic (exact) mass is 267 g/mol. The number of rotatable bonds is 3. The lowest BCUT2D eigenvalue weighted by atomic mass is 10.2. The molecule has 2 rings (SSSR count). The first-order valence-corrected chi connectivity index (χ1v) is 6.52. The summed E-state index contributed by atoms with van der Waals surface area (Å²) in [7, 11) is 0. The van der Waals surface area contributed by atoms with Crippen molar-refractivity contribution in [1.82, 2.24) is 10.2 Å². The Morgan fingerprint density at radius 1 is 1.44 bits per heavy atom. The Hall–Kier alpha value is -1.10. The summed E-state index contributed by atoms with van der Waals surface area (Å²) in [5.41, 5.74) is 1.70. The Morgan fingerprint density at radius 2 is 2.17 bits per heavy atom. The highest BCUT2D eigenvalue weighted by Crippen LogP contribution is 2.22. The summed E-state index contributed by atoms with van der Waals surface area (Å²) in [5.74, 6) is 0.0160. The topological polar surface area (TPSA) is 44.4 Å². The standard InChI is InChI=1S/C13H18ClN3O/c1-10-11(14)3-2-4-12(10)16-13(18)9-17-7-5-15-6-8-17/h2-4,15H,5-9H2,1H3,(H,16,18). The number of carbonyl (C=O) groups excluding carboxylic acids is 1. The first-order chi connectivity index (χ1) is 8.66. The largest absolute Gasteiger partial charge is 0.325 e. The van der Waals surface area contributed by atoms with Gasteiger partial charge >= 0.3 is 0 Å². The summed E-state index contributed by atoms with van der Waals surface area (Å²) in [5, 5.41) is 6.85. The zero-order valence-corrected chi connectivity index (χ0v) is 11.3. The molecule has 1 aliphatic rings. The predicted molar refractivity (Wildman–Crippen MR) is 74.1 cm³/mol. The van der Waals surface area contributed by atoms with E-state index in [0.717, 1.165) is 37.4 Å². The molecule has 1 aliphatic heterocycles. The molecule has 1 aromatic carbocycles. The first kappa shape index (κ1) is 13.3. The summed E-state index contributed by atoms with van der Waals surface area (Å²) >= 11 is 6.02. The zero-order chi connectivity index (χ0) is 13.0. The molecule has 0 atom stereocenters. The average Bonchev–Trinajstić information content (AvgIpc) is 2.36. The molecule has 1 heterocycles. The van der Waals surface area contributed by atoms with Gasteiger partial charge in [-0.3, -0.25) is 9.69 Å². The van der Waals surface area contributed by atoms with Gasteiger partial charge in [0.1, 0.15) is 0 Å². The van der Waals surface area contributed by atoms with Crippen LogP contribution in [-0.4, -0.2) is 43.5 Å². The van der Waals surface area contributed by atoms with Crippen LogP contribution in [-0.2, 0) is 4.79 Å². The van der Waals surface area contributed by atoms with Gasteiger partial charge in [0.05, 0.1) is 6.54 Å². The molecule has 1 fully saturated rings. The van der Waals surface area contributed by atoms with E-state index in [0.29, 0.717) is 11.6 Å². The van der Waals surface area contributed by atoms with Crippen LogP contribution in [0.1, 0.15) is 5.56 Å².